The summed E-state index contributed by atoms with van der Waals surface area (Å²) in [6.45, 7) is 0. The van der Waals surface area contributed by atoms with Crippen LogP contribution in [0.4, 0.5) is 158 Å². The fourth-order valence-corrected chi connectivity index (χ4v) is 4.59. The van der Waals surface area contributed by atoms with Crippen molar-refractivity contribution in [3.05, 3.63) is 226 Å². The molecule has 0 bridgehead atoms. The van der Waals surface area contributed by atoms with Crippen LogP contribution < -0.4 is 49.6 Å². The fourth-order valence-electron chi connectivity index (χ4n) is 4.59. The summed E-state index contributed by atoms with van der Waals surface area (Å²) in [6, 6.07) is 31.8. The third kappa shape index (κ3) is 50.9. The van der Waals surface area contributed by atoms with Crippen molar-refractivity contribution in [1.82, 2.24) is 0 Å². The van der Waals surface area contributed by atoms with Crippen molar-refractivity contribution in [2.45, 2.75) is 74.1 Å². The molecule has 5 aromatic rings. The number of halogens is 36. The molecule has 0 aliphatic carbocycles. The summed E-state index contributed by atoms with van der Waals surface area (Å²) in [6.07, 6.45) is -66.2. The van der Waals surface area contributed by atoms with E-state index in [1.807, 2.05) is 36.4 Å². The maximum Gasteiger partial charge on any atom is 3.00 e. The summed E-state index contributed by atoms with van der Waals surface area (Å²) in [5, 5.41) is 104. The van der Waals surface area contributed by atoms with Crippen molar-refractivity contribution in [3.8, 4) is 22.8 Å². The van der Waals surface area contributed by atoms with Gasteiger partial charge in [-0.1, -0.05) is 36.4 Å². The zero-order valence-corrected chi connectivity index (χ0v) is 57.7. The minimum atomic E-state index is -5.46. The summed E-state index contributed by atoms with van der Waals surface area (Å²) in [5.41, 5.74) is 1.40. The van der Waals surface area contributed by atoms with E-state index in [9.17, 15) is 238 Å². The van der Waals surface area contributed by atoms with E-state index in [4.69, 9.17) is 0 Å². The minimum Gasteiger partial charge on any atom is -0.869 e. The summed E-state index contributed by atoms with van der Waals surface area (Å²) >= 11 is 0. The van der Waals surface area contributed by atoms with Crippen molar-refractivity contribution in [3.63, 3.8) is 0 Å². The SMILES string of the molecule is O=C(/C=C(\[O-])C(F)(F)F)C(F)(F)F.O=C(/C=C(\[O-])C(F)(F)F)C(F)(F)F.O=C(/C=C(\[O-])C(F)(F)F)C(F)(F)F.O=C(/C=C(\[O-])C(F)(F)F)C(F)(F)F.O=C(/C=C(\[O-])C(F)(F)F)C(F)(F)F.O=C(/C=C(\[O-])C(F)(F)F)C(F)(F)F.[Eu+3].[Eu+3].[O-][n+]1ccccc1-c1cccc[n+]1[O-].[O-][n+]1ccccc1-c1cccc[n+]1[O-].c1ccccc1. The Morgan fingerprint density at radius 1 is 0.202 bits per heavy atom. The first-order valence-corrected chi connectivity index (χ1v) is 26.0. The van der Waals surface area contributed by atoms with E-state index >= 15 is 0 Å². The fraction of sp³-hybridized carbons (Fsp3) is 0.214. The van der Waals surface area contributed by atoms with Crippen molar-refractivity contribution in [2.75, 3.05) is 0 Å². The van der Waals surface area contributed by atoms with E-state index in [1.165, 1.54) is 24.8 Å². The van der Waals surface area contributed by atoms with Gasteiger partial charge < -0.3 is 51.5 Å². The van der Waals surface area contributed by atoms with Crippen LogP contribution in [0.1, 0.15) is 0 Å². The van der Waals surface area contributed by atoms with Crippen LogP contribution in [0.5, 0.6) is 0 Å². The van der Waals surface area contributed by atoms with Gasteiger partial charge in [-0.2, -0.15) is 177 Å². The van der Waals surface area contributed by atoms with Gasteiger partial charge in [-0.15, -0.1) is 0 Å². The molecule has 634 valence electrons. The number of nitrogens with zero attached hydrogens (tertiary/aromatic N) is 4. The van der Waals surface area contributed by atoms with Gasteiger partial charge in [0.05, 0.1) is 0 Å². The second-order valence-corrected chi connectivity index (χ2v) is 18.0. The monoisotopic (exact) mass is 2000 g/mol. The molecule has 0 saturated heterocycles. The van der Waals surface area contributed by atoms with Crippen LogP contribution in [0.3, 0.4) is 0 Å². The largest absolute Gasteiger partial charge is 3.00 e. The first-order chi connectivity index (χ1) is 49.9. The second-order valence-electron chi connectivity index (χ2n) is 18.0. The summed E-state index contributed by atoms with van der Waals surface area (Å²) < 4.78 is 409. The van der Waals surface area contributed by atoms with Gasteiger partial charge in [-0.05, 0) is 95.3 Å². The Morgan fingerprint density at radius 3 is 0.386 bits per heavy atom. The van der Waals surface area contributed by atoms with Crippen LogP contribution in [0.15, 0.2) is 205 Å². The molecule has 0 aliphatic rings. The molecular formula is C56H28Eu2F36N4O16. The van der Waals surface area contributed by atoms with Gasteiger partial charge >= 0.3 is 173 Å². The molecule has 0 unspecified atom stereocenters. The van der Waals surface area contributed by atoms with E-state index < -0.39 is 180 Å². The Bertz CT molecular complexity index is 3470. The van der Waals surface area contributed by atoms with Gasteiger partial charge in [0.2, 0.25) is 0 Å². The molecule has 4 aromatic heterocycles. The number of allylic oxidation sites excluding steroid dienone is 12. The molecule has 5 rings (SSSR count). The molecule has 0 fully saturated rings. The number of alkyl halides is 36. The number of hydrogen-bond donors (Lipinski definition) is 0. The zero-order chi connectivity index (χ0) is 89.3. The zero-order valence-electron chi connectivity index (χ0n) is 52.8. The van der Waals surface area contributed by atoms with E-state index in [1.54, 1.807) is 72.8 Å². The smallest absolute Gasteiger partial charge is 0.869 e. The van der Waals surface area contributed by atoms with Gasteiger partial charge in [0.15, 0.2) is 24.8 Å². The Labute approximate surface area is 687 Å². The quantitative estimate of drug-likeness (QED) is 0.0462. The molecule has 0 saturated carbocycles. The summed E-state index contributed by atoms with van der Waals surface area (Å²) in [4.78, 5) is 58.9. The maximum absolute atomic E-state index is 11.3. The van der Waals surface area contributed by atoms with Gasteiger partial charge in [-0.3, -0.25) is 28.8 Å². The number of rotatable bonds is 8. The molecule has 0 amide bonds. The van der Waals surface area contributed by atoms with E-state index in [-0.39, 0.29) is 98.8 Å². The first-order valence-electron chi connectivity index (χ1n) is 26.0. The molecule has 114 heavy (non-hydrogen) atoms. The van der Waals surface area contributed by atoms with E-state index in [2.05, 4.69) is 0 Å². The molecule has 0 radical (unpaired) electrons. The van der Waals surface area contributed by atoms with Gasteiger partial charge in [0, 0.05) is 48.5 Å². The van der Waals surface area contributed by atoms with E-state index in [0.29, 0.717) is 41.7 Å². The molecule has 1 aromatic carbocycles. The van der Waals surface area contributed by atoms with Crippen molar-refractivity contribution in [2.24, 2.45) is 0 Å². The summed E-state index contributed by atoms with van der Waals surface area (Å²) in [5.74, 6) is -33.9. The topological polar surface area (TPSA) is 349 Å². The van der Waals surface area contributed by atoms with Gasteiger partial charge in [-0.25, -0.2) is 0 Å². The van der Waals surface area contributed by atoms with Crippen LogP contribution in [0, 0.1) is 120 Å². The number of benzene rings is 1. The first kappa shape index (κ1) is 116. The maximum atomic E-state index is 11.3. The van der Waals surface area contributed by atoms with Crippen molar-refractivity contribution in [1.29, 1.82) is 0 Å². The summed E-state index contributed by atoms with van der Waals surface area (Å²) in [7, 11) is 0. The molecular weight excluding hydrogens is 1970 g/mol. The van der Waals surface area contributed by atoms with Crippen LogP contribution in [-0.4, -0.2) is 109 Å². The Balaban J connectivity index is -0.000000288. The van der Waals surface area contributed by atoms with Crippen LogP contribution in [0.25, 0.3) is 22.8 Å². The average Bonchev–Trinajstić information content (AvgIpc) is 0.829. The van der Waals surface area contributed by atoms with Gasteiger partial charge in [0.25, 0.3) is 57.5 Å². The van der Waals surface area contributed by atoms with Crippen molar-refractivity contribution >= 4 is 34.7 Å². The molecule has 58 heteroatoms. The molecule has 0 atom stereocenters. The van der Waals surface area contributed by atoms with Crippen LogP contribution >= 0.6 is 0 Å². The van der Waals surface area contributed by atoms with Crippen LogP contribution in [-0.2, 0) is 28.8 Å². The average molecular weight is 2000 g/mol. The molecule has 0 aliphatic heterocycles. The molecule has 4 heterocycles. The van der Waals surface area contributed by atoms with Gasteiger partial charge in [0.1, 0.15) is 0 Å². The number of carbonyl (C=O) groups excluding carboxylic acids is 6. The second kappa shape index (κ2) is 48.3. The minimum absolute atomic E-state index is 0. The molecule has 0 spiro atoms. The number of ketones is 6. The number of hydrogen-bond acceptors (Lipinski definition) is 16. The Hall–Kier alpha value is -9.07. The molecule has 20 nitrogen and oxygen atoms in total. The Kier molecular flexibility index (Phi) is 49.1. The van der Waals surface area contributed by atoms with Crippen LogP contribution in [0.2, 0.25) is 0 Å². The Morgan fingerprint density at radius 2 is 0.307 bits per heavy atom. The molecule has 0 N–H and O–H groups in total. The number of aromatic nitrogens is 4. The third-order valence-corrected chi connectivity index (χ3v) is 9.41. The standard InChI is InChI=1S/2C10H8N2O2.C6H6.6C5H2F6O2.2Eu/c2*13-11-7-3-1-5-9(11)10-6-2-4-8-12(10)14;1-2-4-6-5-3-1;6*6-4(7,8)2(12)1-3(13)5(9,10)11;;/h2*1-8H;1-6H;6*1,12H;;/q;;;;;;;;;2*+3/p-6/b;;;6*2-1-;;. The van der Waals surface area contributed by atoms with E-state index in [0.717, 1.165) is 0 Å². The number of carbonyl (C=O) groups is 6. The predicted octanol–water partition coefficient (Wildman–Crippen LogP) is 8.47. The normalized spacial score (nSPS) is 12.8. The third-order valence-electron chi connectivity index (χ3n) is 9.41. The van der Waals surface area contributed by atoms with Crippen molar-refractivity contribution < 1.29 is 335 Å². The predicted molar refractivity (Wildman–Crippen MR) is 277 cm³/mol. The number of pyridine rings is 4.